The Kier molecular flexibility index (Phi) is 2.89. The number of nitrogens with one attached hydrogen (secondary N) is 1. The normalized spacial score (nSPS) is 10.6. The summed E-state index contributed by atoms with van der Waals surface area (Å²) < 4.78 is 27.8. The first-order valence-electron chi connectivity index (χ1n) is 4.68. The summed E-state index contributed by atoms with van der Waals surface area (Å²) in [7, 11) is 1.67. The van der Waals surface area contributed by atoms with E-state index in [1.54, 1.807) is 13.2 Å². The molecule has 7 heteroatoms. The number of hydrogen-bond donors (Lipinski definition) is 2. The van der Waals surface area contributed by atoms with Gasteiger partial charge in [-0.25, -0.2) is 8.78 Å². The topological polar surface area (TPSA) is 55.9 Å². The van der Waals surface area contributed by atoms with E-state index in [1.807, 2.05) is 0 Å². The van der Waals surface area contributed by atoms with Gasteiger partial charge in [-0.2, -0.15) is 5.10 Å². The molecule has 0 saturated heterocycles. The molecule has 0 fully saturated rings. The van der Waals surface area contributed by atoms with Gasteiger partial charge in [0.25, 0.3) is 0 Å². The summed E-state index contributed by atoms with van der Waals surface area (Å²) in [4.78, 5) is 0. The molecule has 1 aromatic heterocycles. The number of benzene rings is 1. The van der Waals surface area contributed by atoms with E-state index < -0.39 is 11.6 Å². The van der Waals surface area contributed by atoms with Crippen LogP contribution in [0.25, 0.3) is 0 Å². The van der Waals surface area contributed by atoms with Crippen LogP contribution in [0.5, 0.6) is 0 Å². The van der Waals surface area contributed by atoms with Crippen molar-refractivity contribution >= 4 is 28.8 Å². The fourth-order valence-electron chi connectivity index (χ4n) is 1.38. The van der Waals surface area contributed by atoms with E-state index in [0.717, 1.165) is 12.1 Å². The molecule has 4 nitrogen and oxygen atoms in total. The highest BCUT2D eigenvalue weighted by atomic mass is 35.5. The maximum Gasteiger partial charge on any atom is 0.175 e. The molecule has 3 N–H and O–H groups in total. The number of aryl methyl sites for hydroxylation is 1. The maximum atomic E-state index is 13.5. The average molecular weight is 259 g/mol. The van der Waals surface area contributed by atoms with Crippen LogP contribution in [-0.2, 0) is 7.05 Å². The highest BCUT2D eigenvalue weighted by molar-refractivity contribution is 6.33. The van der Waals surface area contributed by atoms with Gasteiger partial charge in [-0.15, -0.1) is 0 Å². The number of aromatic nitrogens is 2. The van der Waals surface area contributed by atoms with Gasteiger partial charge in [0.2, 0.25) is 0 Å². The molecule has 17 heavy (non-hydrogen) atoms. The Labute approximate surface area is 101 Å². The summed E-state index contributed by atoms with van der Waals surface area (Å²) in [6.07, 6.45) is 1.55. The molecule has 1 aromatic carbocycles. The molecule has 2 rings (SSSR count). The third kappa shape index (κ3) is 2.31. The molecule has 0 bridgehead atoms. The van der Waals surface area contributed by atoms with Crippen molar-refractivity contribution in [2.24, 2.45) is 7.05 Å². The highest BCUT2D eigenvalue weighted by Crippen LogP contribution is 2.30. The van der Waals surface area contributed by atoms with Crippen LogP contribution in [0.1, 0.15) is 0 Å². The number of hydrogen-bond acceptors (Lipinski definition) is 3. The largest absolute Gasteiger partial charge is 0.394 e. The van der Waals surface area contributed by atoms with Gasteiger partial charge in [-0.3, -0.25) is 4.68 Å². The number of nitrogen functional groups attached to an aromatic ring is 1. The lowest BCUT2D eigenvalue weighted by atomic mass is 10.3. The SMILES string of the molecule is Cn1cc(N)c(Nc2c(F)cc(F)cc2Cl)n1. The standard InChI is InChI=1S/C10H9ClF2N4/c1-17-4-8(14)10(16-17)15-9-6(11)2-5(12)3-7(9)13/h2-4H,14H2,1H3,(H,15,16). The van der Waals surface area contributed by atoms with Crippen molar-refractivity contribution in [3.05, 3.63) is 35.0 Å². The van der Waals surface area contributed by atoms with Gasteiger partial charge in [-0.05, 0) is 6.07 Å². The second-order valence-electron chi connectivity index (χ2n) is 3.48. The Balaban J connectivity index is 2.39. The molecule has 0 spiro atoms. The summed E-state index contributed by atoms with van der Waals surface area (Å²) in [5.41, 5.74) is 5.92. The molecule has 0 aliphatic carbocycles. The summed E-state index contributed by atoms with van der Waals surface area (Å²) in [6.45, 7) is 0. The molecule has 0 amide bonds. The molecule has 0 atom stereocenters. The Morgan fingerprint density at radius 3 is 2.65 bits per heavy atom. The highest BCUT2D eigenvalue weighted by Gasteiger charge is 2.13. The minimum atomic E-state index is -0.806. The molecule has 0 aliphatic heterocycles. The van der Waals surface area contributed by atoms with Crippen LogP contribution >= 0.6 is 11.6 Å². The van der Waals surface area contributed by atoms with Crippen molar-refractivity contribution in [2.75, 3.05) is 11.1 Å². The zero-order valence-electron chi connectivity index (χ0n) is 8.84. The molecule has 0 radical (unpaired) electrons. The predicted octanol–water partition coefficient (Wildman–Crippen LogP) is 2.68. The summed E-state index contributed by atoms with van der Waals surface area (Å²) in [6, 6.07) is 1.74. The maximum absolute atomic E-state index is 13.5. The van der Waals surface area contributed by atoms with Crippen molar-refractivity contribution in [1.82, 2.24) is 9.78 Å². The Hall–Kier alpha value is -1.82. The van der Waals surface area contributed by atoms with Crippen LogP contribution in [-0.4, -0.2) is 9.78 Å². The molecular formula is C10H9ClF2N4. The van der Waals surface area contributed by atoms with E-state index >= 15 is 0 Å². The van der Waals surface area contributed by atoms with Crippen molar-refractivity contribution in [3.8, 4) is 0 Å². The molecule has 90 valence electrons. The average Bonchev–Trinajstić information content (AvgIpc) is 2.51. The van der Waals surface area contributed by atoms with Crippen molar-refractivity contribution in [1.29, 1.82) is 0 Å². The monoisotopic (exact) mass is 258 g/mol. The Morgan fingerprint density at radius 2 is 2.12 bits per heavy atom. The lowest BCUT2D eigenvalue weighted by Crippen LogP contribution is -1.99. The second kappa shape index (κ2) is 4.21. The van der Waals surface area contributed by atoms with Crippen molar-refractivity contribution in [3.63, 3.8) is 0 Å². The van der Waals surface area contributed by atoms with Gasteiger partial charge in [0.15, 0.2) is 11.6 Å². The lowest BCUT2D eigenvalue weighted by molar-refractivity contribution is 0.586. The van der Waals surface area contributed by atoms with Gasteiger partial charge in [0.1, 0.15) is 5.82 Å². The van der Waals surface area contributed by atoms with Gasteiger partial charge >= 0.3 is 0 Å². The van der Waals surface area contributed by atoms with Crippen LogP contribution in [0.15, 0.2) is 18.3 Å². The van der Waals surface area contributed by atoms with Gasteiger partial charge in [0, 0.05) is 19.3 Å². The van der Waals surface area contributed by atoms with Crippen LogP contribution in [0.2, 0.25) is 5.02 Å². The van der Waals surface area contributed by atoms with Crippen LogP contribution in [0.4, 0.5) is 26.0 Å². The van der Waals surface area contributed by atoms with Crippen LogP contribution in [0.3, 0.4) is 0 Å². The fourth-order valence-corrected chi connectivity index (χ4v) is 1.63. The van der Waals surface area contributed by atoms with Crippen LogP contribution < -0.4 is 11.1 Å². The van der Waals surface area contributed by atoms with E-state index in [0.29, 0.717) is 5.69 Å². The smallest absolute Gasteiger partial charge is 0.175 e. The summed E-state index contributed by atoms with van der Waals surface area (Å²) in [5, 5.41) is 6.52. The minimum absolute atomic E-state index is 0.0570. The third-order valence-corrected chi connectivity index (χ3v) is 2.41. The number of nitrogens with two attached hydrogens (primary N) is 1. The number of halogens is 3. The zero-order valence-corrected chi connectivity index (χ0v) is 9.59. The van der Waals surface area contributed by atoms with E-state index in [-0.39, 0.29) is 16.5 Å². The lowest BCUT2D eigenvalue weighted by Gasteiger charge is -2.07. The predicted molar refractivity (Wildman–Crippen MR) is 62.3 cm³/mol. The summed E-state index contributed by atoms with van der Waals surface area (Å²) >= 11 is 5.73. The van der Waals surface area contributed by atoms with Crippen molar-refractivity contribution < 1.29 is 8.78 Å². The first kappa shape index (κ1) is 11.7. The Morgan fingerprint density at radius 1 is 1.41 bits per heavy atom. The molecule has 0 unspecified atom stereocenters. The first-order chi connectivity index (χ1) is 7.97. The number of rotatable bonds is 2. The molecule has 0 saturated carbocycles. The third-order valence-electron chi connectivity index (χ3n) is 2.11. The van der Waals surface area contributed by atoms with Crippen molar-refractivity contribution in [2.45, 2.75) is 0 Å². The first-order valence-corrected chi connectivity index (χ1v) is 5.06. The van der Waals surface area contributed by atoms with Gasteiger partial charge < -0.3 is 11.1 Å². The van der Waals surface area contributed by atoms with Gasteiger partial charge in [-0.1, -0.05) is 11.6 Å². The fraction of sp³-hybridized carbons (Fsp3) is 0.100. The molecule has 2 aromatic rings. The Bertz CT molecular complexity index is 544. The second-order valence-corrected chi connectivity index (χ2v) is 3.88. The van der Waals surface area contributed by atoms with Crippen LogP contribution in [0, 0.1) is 11.6 Å². The quantitative estimate of drug-likeness (QED) is 0.871. The molecular weight excluding hydrogens is 250 g/mol. The van der Waals surface area contributed by atoms with E-state index in [2.05, 4.69) is 10.4 Å². The number of nitrogens with zero attached hydrogens (tertiary/aromatic N) is 2. The molecule has 0 aliphatic rings. The van der Waals surface area contributed by atoms with E-state index in [4.69, 9.17) is 17.3 Å². The minimum Gasteiger partial charge on any atom is -0.394 e. The van der Waals surface area contributed by atoms with Gasteiger partial charge in [0.05, 0.1) is 16.4 Å². The van der Waals surface area contributed by atoms with E-state index in [9.17, 15) is 8.78 Å². The van der Waals surface area contributed by atoms with E-state index in [1.165, 1.54) is 4.68 Å². The summed E-state index contributed by atoms with van der Waals surface area (Å²) in [5.74, 6) is -1.29. The number of anilines is 3. The zero-order chi connectivity index (χ0) is 12.6. The molecule has 1 heterocycles.